The zero-order valence-corrected chi connectivity index (χ0v) is 20.2. The van der Waals surface area contributed by atoms with Gasteiger partial charge in [0.05, 0.1) is 0 Å². The monoisotopic (exact) mass is 486 g/mol. The minimum absolute atomic E-state index is 0.0203. The van der Waals surface area contributed by atoms with Crippen LogP contribution in [-0.2, 0) is 0 Å². The molecule has 0 atom stereocenters. The highest BCUT2D eigenvalue weighted by atomic mass is 16.4. The predicted octanol–water partition coefficient (Wildman–Crippen LogP) is 3.61. The van der Waals surface area contributed by atoms with Gasteiger partial charge in [0.2, 0.25) is 0 Å². The Bertz CT molecular complexity index is 1340. The van der Waals surface area contributed by atoms with Crippen LogP contribution >= 0.6 is 0 Å². The molecule has 0 unspecified atom stereocenters. The van der Waals surface area contributed by atoms with Gasteiger partial charge < -0.3 is 24.9 Å². The molecule has 3 fully saturated rings. The third-order valence-corrected chi connectivity index (χ3v) is 7.16. The maximum absolute atomic E-state index is 12.9. The van der Waals surface area contributed by atoms with Crippen LogP contribution in [0, 0.1) is 0 Å². The normalized spacial score (nSPS) is 18.1. The lowest BCUT2D eigenvalue weighted by molar-refractivity contribution is 0.0766. The molecule has 8 heteroatoms. The Labute approximate surface area is 209 Å². The number of hydrogen-bond acceptors (Lipinski definition) is 6. The number of rotatable bonds is 6. The summed E-state index contributed by atoms with van der Waals surface area (Å²) in [6.45, 7) is 3.10. The summed E-state index contributed by atoms with van der Waals surface area (Å²) in [5.41, 5.74) is 1.94. The molecule has 1 aliphatic heterocycles. The van der Waals surface area contributed by atoms with Crippen LogP contribution in [0.5, 0.6) is 0 Å². The van der Waals surface area contributed by atoms with Gasteiger partial charge in [-0.2, -0.15) is 0 Å². The lowest BCUT2D eigenvalue weighted by Gasteiger charge is -2.24. The van der Waals surface area contributed by atoms with E-state index in [1.54, 1.807) is 30.3 Å². The fraction of sp³-hybridized carbons (Fsp3) is 0.393. The van der Waals surface area contributed by atoms with Gasteiger partial charge in [-0.25, -0.2) is 4.79 Å². The molecule has 3 aromatic rings. The fourth-order valence-electron chi connectivity index (χ4n) is 4.97. The zero-order chi connectivity index (χ0) is 24.6. The number of fused-ring (bicyclic) bond motifs is 1. The van der Waals surface area contributed by atoms with E-state index >= 15 is 0 Å². The van der Waals surface area contributed by atoms with Crippen LogP contribution in [0.25, 0.3) is 11.0 Å². The average Bonchev–Trinajstić information content (AvgIpc) is 3.77. The Kier molecular flexibility index (Phi) is 5.97. The Morgan fingerprint density at radius 1 is 0.944 bits per heavy atom. The first-order valence-electron chi connectivity index (χ1n) is 12.8. The Morgan fingerprint density at radius 2 is 1.69 bits per heavy atom. The molecular formula is C28H30N4O4. The number of benzene rings is 2. The van der Waals surface area contributed by atoms with Crippen molar-refractivity contribution in [1.82, 2.24) is 10.2 Å². The van der Waals surface area contributed by atoms with Crippen molar-refractivity contribution in [3.05, 3.63) is 70.1 Å². The zero-order valence-electron chi connectivity index (χ0n) is 20.2. The highest BCUT2D eigenvalue weighted by Gasteiger charge is 2.39. The standard InChI is InChI=1S/C28H30N4O4/c33-26(30-20-5-2-18(3-6-20)27(34)31-14-1-12-29-13-15-31)24-16-19-4-7-23(17-25(19)36-28(24)35)32(21-8-9-21)22-10-11-22/h2-7,16-17,21-22,29H,1,8-15H2,(H,30,33). The molecule has 2 amide bonds. The number of anilines is 2. The van der Waals surface area contributed by atoms with E-state index in [1.165, 1.54) is 25.7 Å². The summed E-state index contributed by atoms with van der Waals surface area (Å²) >= 11 is 0. The number of amides is 2. The maximum atomic E-state index is 12.9. The second-order valence-corrected chi connectivity index (χ2v) is 9.97. The summed E-state index contributed by atoms with van der Waals surface area (Å²) in [5, 5.41) is 6.75. The summed E-state index contributed by atoms with van der Waals surface area (Å²) < 4.78 is 5.57. The molecule has 2 heterocycles. The molecule has 0 bridgehead atoms. The van der Waals surface area contributed by atoms with Crippen molar-refractivity contribution >= 4 is 34.2 Å². The van der Waals surface area contributed by atoms with Gasteiger partial charge in [-0.3, -0.25) is 9.59 Å². The number of nitrogens with zero attached hydrogens (tertiary/aromatic N) is 2. The van der Waals surface area contributed by atoms with E-state index in [-0.39, 0.29) is 11.5 Å². The van der Waals surface area contributed by atoms with Crippen LogP contribution in [0.3, 0.4) is 0 Å². The van der Waals surface area contributed by atoms with Gasteiger partial charge in [0, 0.05) is 60.1 Å². The second-order valence-electron chi connectivity index (χ2n) is 9.97. The molecule has 2 aromatic carbocycles. The van der Waals surface area contributed by atoms with E-state index in [9.17, 15) is 14.4 Å². The van der Waals surface area contributed by atoms with Crippen LogP contribution in [0.15, 0.2) is 57.7 Å². The molecule has 186 valence electrons. The summed E-state index contributed by atoms with van der Waals surface area (Å²) in [5.74, 6) is -0.557. The minimum Gasteiger partial charge on any atom is -0.422 e. The molecule has 2 aliphatic carbocycles. The van der Waals surface area contributed by atoms with Crippen LogP contribution in [0.1, 0.15) is 52.8 Å². The smallest absolute Gasteiger partial charge is 0.349 e. The first-order valence-corrected chi connectivity index (χ1v) is 12.8. The third-order valence-electron chi connectivity index (χ3n) is 7.16. The third kappa shape index (κ3) is 4.73. The van der Waals surface area contributed by atoms with Gasteiger partial charge in [0.1, 0.15) is 11.1 Å². The first kappa shape index (κ1) is 22.8. The van der Waals surface area contributed by atoms with Crippen LogP contribution in [0.4, 0.5) is 11.4 Å². The lowest BCUT2D eigenvalue weighted by Crippen LogP contribution is -2.34. The van der Waals surface area contributed by atoms with Gasteiger partial charge in [-0.1, -0.05) is 0 Å². The number of carbonyl (C=O) groups is 2. The Balaban J connectivity index is 1.17. The van der Waals surface area contributed by atoms with Gasteiger partial charge in [-0.05, 0) is 81.1 Å². The topological polar surface area (TPSA) is 94.9 Å². The Hall–Kier alpha value is -3.65. The van der Waals surface area contributed by atoms with E-state index in [0.717, 1.165) is 31.7 Å². The van der Waals surface area contributed by atoms with Crippen LogP contribution in [0.2, 0.25) is 0 Å². The molecule has 6 rings (SSSR count). The van der Waals surface area contributed by atoms with Crippen molar-refractivity contribution in [2.24, 2.45) is 0 Å². The fourth-order valence-corrected chi connectivity index (χ4v) is 4.97. The maximum Gasteiger partial charge on any atom is 0.349 e. The Morgan fingerprint density at radius 3 is 2.42 bits per heavy atom. The molecule has 36 heavy (non-hydrogen) atoms. The molecule has 2 saturated carbocycles. The summed E-state index contributed by atoms with van der Waals surface area (Å²) in [6, 6.07) is 15.4. The number of hydrogen-bond donors (Lipinski definition) is 2. The molecule has 3 aliphatic rings. The van der Waals surface area contributed by atoms with Gasteiger partial charge in [-0.15, -0.1) is 0 Å². The SMILES string of the molecule is O=C(Nc1ccc(C(=O)N2CCCNCC2)cc1)c1cc2ccc(N(C3CC3)C3CC3)cc2oc1=O. The highest BCUT2D eigenvalue weighted by molar-refractivity contribution is 6.05. The van der Waals surface area contributed by atoms with Crippen molar-refractivity contribution in [1.29, 1.82) is 0 Å². The van der Waals surface area contributed by atoms with E-state index in [4.69, 9.17) is 4.42 Å². The molecule has 0 spiro atoms. The number of carbonyl (C=O) groups excluding carboxylic acids is 2. The molecule has 0 radical (unpaired) electrons. The summed E-state index contributed by atoms with van der Waals surface area (Å²) in [6.07, 6.45) is 5.77. The molecular weight excluding hydrogens is 456 g/mol. The van der Waals surface area contributed by atoms with Crippen molar-refractivity contribution < 1.29 is 14.0 Å². The van der Waals surface area contributed by atoms with E-state index < -0.39 is 11.5 Å². The van der Waals surface area contributed by atoms with E-state index in [0.29, 0.717) is 40.8 Å². The molecule has 1 saturated heterocycles. The quantitative estimate of drug-likeness (QED) is 0.517. The van der Waals surface area contributed by atoms with Gasteiger partial charge in [0.15, 0.2) is 0 Å². The molecule has 1 aromatic heterocycles. The first-order chi connectivity index (χ1) is 17.6. The van der Waals surface area contributed by atoms with Crippen molar-refractivity contribution in [3.63, 3.8) is 0 Å². The molecule has 8 nitrogen and oxygen atoms in total. The van der Waals surface area contributed by atoms with Crippen molar-refractivity contribution in [2.75, 3.05) is 36.4 Å². The largest absolute Gasteiger partial charge is 0.422 e. The van der Waals surface area contributed by atoms with Crippen molar-refractivity contribution in [3.8, 4) is 0 Å². The summed E-state index contributed by atoms with van der Waals surface area (Å²) in [4.78, 5) is 42.7. The van der Waals surface area contributed by atoms with Gasteiger partial charge >= 0.3 is 5.63 Å². The van der Waals surface area contributed by atoms with Crippen LogP contribution < -0.4 is 21.2 Å². The number of nitrogens with one attached hydrogen (secondary N) is 2. The highest BCUT2D eigenvalue weighted by Crippen LogP contribution is 2.41. The average molecular weight is 487 g/mol. The molecule has 2 N–H and O–H groups in total. The van der Waals surface area contributed by atoms with Crippen LogP contribution in [-0.4, -0.2) is 55.0 Å². The van der Waals surface area contributed by atoms with Gasteiger partial charge in [0.25, 0.3) is 11.8 Å². The second kappa shape index (κ2) is 9.43. The van der Waals surface area contributed by atoms with Crippen molar-refractivity contribution in [2.45, 2.75) is 44.2 Å². The lowest BCUT2D eigenvalue weighted by atomic mass is 10.1. The van der Waals surface area contributed by atoms with E-state index in [1.807, 2.05) is 17.0 Å². The summed E-state index contributed by atoms with van der Waals surface area (Å²) in [7, 11) is 0. The van der Waals surface area contributed by atoms with E-state index in [2.05, 4.69) is 21.6 Å². The minimum atomic E-state index is -0.664. The predicted molar refractivity (Wildman–Crippen MR) is 139 cm³/mol.